The number of hydrogen-bond acceptors (Lipinski definition) is 1. The Balaban J connectivity index is 2.21. The van der Waals surface area contributed by atoms with Gasteiger partial charge in [-0.2, -0.15) is 0 Å². The van der Waals surface area contributed by atoms with Gasteiger partial charge in [0.25, 0.3) is 5.91 Å². The Bertz CT molecular complexity index is 603. The lowest BCUT2D eigenvalue weighted by atomic mass is 10.2. The maximum Gasteiger partial charge on any atom is 0.255 e. The molecule has 0 heterocycles. The summed E-state index contributed by atoms with van der Waals surface area (Å²) in [5.74, 6) is -0.776. The smallest absolute Gasteiger partial charge is 0.255 e. The van der Waals surface area contributed by atoms with E-state index in [1.54, 1.807) is 30.3 Å². The van der Waals surface area contributed by atoms with Crippen molar-refractivity contribution in [2.75, 3.05) is 5.32 Å². The normalized spacial score (nSPS) is 10.2. The van der Waals surface area contributed by atoms with Gasteiger partial charge in [0.1, 0.15) is 5.82 Å². The van der Waals surface area contributed by atoms with Crippen molar-refractivity contribution in [2.45, 2.75) is 0 Å². The zero-order valence-corrected chi connectivity index (χ0v) is 12.8. The first kappa shape index (κ1) is 13.5. The molecule has 0 aromatic heterocycles. The van der Waals surface area contributed by atoms with Crippen molar-refractivity contribution >= 4 is 50.1 Å². The summed E-state index contributed by atoms with van der Waals surface area (Å²) in [6, 6.07) is 11.6. The summed E-state index contributed by atoms with van der Waals surface area (Å²) in [5.41, 5.74) is 0.655. The highest BCUT2D eigenvalue weighted by Crippen LogP contribution is 2.18. The van der Waals surface area contributed by atoms with Crippen molar-refractivity contribution in [1.82, 2.24) is 0 Å². The first-order valence-electron chi connectivity index (χ1n) is 5.08. The Kier molecular flexibility index (Phi) is 4.34. The molecule has 2 aromatic carbocycles. The van der Waals surface area contributed by atoms with Gasteiger partial charge in [-0.3, -0.25) is 4.79 Å². The number of halogens is 3. The molecule has 0 aliphatic heterocycles. The van der Waals surface area contributed by atoms with Gasteiger partial charge in [-0.05, 0) is 59.0 Å². The Morgan fingerprint density at radius 2 is 2.00 bits per heavy atom. The van der Waals surface area contributed by atoms with Gasteiger partial charge >= 0.3 is 0 Å². The van der Waals surface area contributed by atoms with E-state index in [-0.39, 0.29) is 11.6 Å². The topological polar surface area (TPSA) is 29.1 Å². The molecular weight excluding hydrogens is 412 g/mol. The van der Waals surface area contributed by atoms with E-state index >= 15 is 0 Å². The monoisotopic (exact) mass is 419 g/mol. The summed E-state index contributed by atoms with van der Waals surface area (Å²) in [7, 11) is 0. The van der Waals surface area contributed by atoms with E-state index in [4.69, 9.17) is 0 Å². The molecule has 1 N–H and O–H groups in total. The molecule has 2 aromatic rings. The second-order valence-corrected chi connectivity index (χ2v) is 5.75. The fourth-order valence-electron chi connectivity index (χ4n) is 1.42. The average Bonchev–Trinajstić information content (AvgIpc) is 2.32. The standard InChI is InChI=1S/C13H8BrFINO/c14-9-3-1-2-8(6-9)13(18)17-12-5-4-10(16)7-11(12)15/h1-7H,(H,17,18). The van der Waals surface area contributed by atoms with Crippen LogP contribution in [0.1, 0.15) is 10.4 Å². The minimum Gasteiger partial charge on any atom is -0.319 e. The molecule has 1 amide bonds. The van der Waals surface area contributed by atoms with Gasteiger partial charge in [0.05, 0.1) is 5.69 Å². The fraction of sp³-hybridized carbons (Fsp3) is 0. The lowest BCUT2D eigenvalue weighted by Crippen LogP contribution is -2.12. The fourth-order valence-corrected chi connectivity index (χ4v) is 2.27. The number of nitrogens with one attached hydrogen (secondary N) is 1. The van der Waals surface area contributed by atoms with Crippen molar-refractivity contribution in [2.24, 2.45) is 0 Å². The van der Waals surface area contributed by atoms with E-state index < -0.39 is 5.82 Å². The zero-order valence-electron chi connectivity index (χ0n) is 9.08. The molecule has 0 atom stereocenters. The quantitative estimate of drug-likeness (QED) is 0.716. The summed E-state index contributed by atoms with van der Waals surface area (Å²) in [6.45, 7) is 0. The van der Waals surface area contributed by atoms with E-state index in [1.165, 1.54) is 6.07 Å². The van der Waals surface area contributed by atoms with Gasteiger partial charge in [-0.1, -0.05) is 22.0 Å². The summed E-state index contributed by atoms with van der Waals surface area (Å²) < 4.78 is 15.2. The third-order valence-corrected chi connectivity index (χ3v) is 3.43. The molecule has 2 rings (SSSR count). The molecule has 18 heavy (non-hydrogen) atoms. The molecule has 0 bridgehead atoms. The van der Waals surface area contributed by atoms with Crippen LogP contribution < -0.4 is 5.32 Å². The van der Waals surface area contributed by atoms with Crippen LogP contribution >= 0.6 is 38.5 Å². The summed E-state index contributed by atoms with van der Waals surface area (Å²) >= 11 is 5.30. The van der Waals surface area contributed by atoms with Gasteiger partial charge in [0.2, 0.25) is 0 Å². The van der Waals surface area contributed by atoms with Crippen molar-refractivity contribution in [3.63, 3.8) is 0 Å². The predicted octanol–water partition coefficient (Wildman–Crippen LogP) is 4.45. The minimum absolute atomic E-state index is 0.181. The Hall–Kier alpha value is -0.950. The average molecular weight is 420 g/mol. The van der Waals surface area contributed by atoms with Gasteiger partial charge in [0.15, 0.2) is 0 Å². The van der Waals surface area contributed by atoms with Crippen LogP contribution in [0, 0.1) is 9.39 Å². The lowest BCUT2D eigenvalue weighted by Gasteiger charge is -2.07. The van der Waals surface area contributed by atoms with Gasteiger partial charge in [0, 0.05) is 13.6 Å². The van der Waals surface area contributed by atoms with E-state index in [0.29, 0.717) is 5.56 Å². The van der Waals surface area contributed by atoms with Crippen LogP contribution in [0.15, 0.2) is 46.9 Å². The van der Waals surface area contributed by atoms with Crippen molar-refractivity contribution in [3.8, 4) is 0 Å². The molecule has 0 unspecified atom stereocenters. The van der Waals surface area contributed by atoms with Crippen LogP contribution in [-0.2, 0) is 0 Å². The third kappa shape index (κ3) is 3.29. The second-order valence-electron chi connectivity index (χ2n) is 3.59. The molecule has 92 valence electrons. The first-order valence-corrected chi connectivity index (χ1v) is 6.95. The third-order valence-electron chi connectivity index (χ3n) is 2.27. The molecule has 0 fully saturated rings. The molecule has 0 saturated carbocycles. The number of amides is 1. The maximum absolute atomic E-state index is 13.6. The van der Waals surface area contributed by atoms with Crippen LogP contribution in [-0.4, -0.2) is 5.91 Å². The summed E-state index contributed by atoms with van der Waals surface area (Å²) in [4.78, 5) is 11.9. The number of benzene rings is 2. The number of carbonyl (C=O) groups is 1. The van der Waals surface area contributed by atoms with Crippen molar-refractivity contribution in [3.05, 3.63) is 61.9 Å². The largest absolute Gasteiger partial charge is 0.319 e. The van der Waals surface area contributed by atoms with E-state index in [2.05, 4.69) is 21.2 Å². The van der Waals surface area contributed by atoms with E-state index in [1.807, 2.05) is 28.7 Å². The number of hydrogen-bond donors (Lipinski definition) is 1. The van der Waals surface area contributed by atoms with Gasteiger partial charge in [-0.25, -0.2) is 4.39 Å². The molecule has 5 heteroatoms. The first-order chi connectivity index (χ1) is 8.56. The van der Waals surface area contributed by atoms with Crippen LogP contribution in [0.5, 0.6) is 0 Å². The number of anilines is 1. The lowest BCUT2D eigenvalue weighted by molar-refractivity contribution is 0.102. The highest BCUT2D eigenvalue weighted by atomic mass is 127. The highest BCUT2D eigenvalue weighted by Gasteiger charge is 2.09. The molecule has 0 aliphatic rings. The number of carbonyl (C=O) groups excluding carboxylic acids is 1. The van der Waals surface area contributed by atoms with E-state index in [9.17, 15) is 9.18 Å². The molecule has 0 radical (unpaired) electrons. The summed E-state index contributed by atoms with van der Waals surface area (Å²) in [6.07, 6.45) is 0. The van der Waals surface area contributed by atoms with Crippen LogP contribution in [0.4, 0.5) is 10.1 Å². The molecule has 2 nitrogen and oxygen atoms in total. The minimum atomic E-state index is -0.440. The molecule has 0 aliphatic carbocycles. The Labute approximate surface area is 126 Å². The van der Waals surface area contributed by atoms with Gasteiger partial charge < -0.3 is 5.32 Å². The Morgan fingerprint density at radius 1 is 1.22 bits per heavy atom. The SMILES string of the molecule is O=C(Nc1ccc(I)cc1F)c1cccc(Br)c1. The highest BCUT2D eigenvalue weighted by molar-refractivity contribution is 14.1. The molecule has 0 saturated heterocycles. The van der Waals surface area contributed by atoms with Crippen molar-refractivity contribution < 1.29 is 9.18 Å². The second kappa shape index (κ2) is 5.79. The Morgan fingerprint density at radius 3 is 2.67 bits per heavy atom. The summed E-state index contributed by atoms with van der Waals surface area (Å²) in [5, 5.41) is 2.54. The predicted molar refractivity (Wildman–Crippen MR) is 81.2 cm³/mol. The van der Waals surface area contributed by atoms with Crippen LogP contribution in [0.2, 0.25) is 0 Å². The molecule has 0 spiro atoms. The van der Waals surface area contributed by atoms with Crippen LogP contribution in [0.3, 0.4) is 0 Å². The van der Waals surface area contributed by atoms with Crippen molar-refractivity contribution in [1.29, 1.82) is 0 Å². The zero-order chi connectivity index (χ0) is 13.1. The number of rotatable bonds is 2. The van der Waals surface area contributed by atoms with Gasteiger partial charge in [-0.15, -0.1) is 0 Å². The molecular formula is C13H8BrFINO. The van der Waals surface area contributed by atoms with Crippen LogP contribution in [0.25, 0.3) is 0 Å². The van der Waals surface area contributed by atoms with E-state index in [0.717, 1.165) is 8.04 Å². The maximum atomic E-state index is 13.6.